The Kier molecular flexibility index (Phi) is 7.72. The first-order valence-corrected chi connectivity index (χ1v) is 14.8. The van der Waals surface area contributed by atoms with Crippen molar-refractivity contribution in [1.82, 2.24) is 15.2 Å². The van der Waals surface area contributed by atoms with Gasteiger partial charge in [-0.1, -0.05) is 56.4 Å². The summed E-state index contributed by atoms with van der Waals surface area (Å²) in [5.41, 5.74) is -0.289. The van der Waals surface area contributed by atoms with Crippen LogP contribution in [0.5, 0.6) is 0 Å². The van der Waals surface area contributed by atoms with E-state index in [2.05, 4.69) is 10.3 Å². The number of aliphatic hydroxyl groups is 1. The zero-order valence-corrected chi connectivity index (χ0v) is 22.6. The minimum atomic E-state index is -10.1. The molecule has 3 atom stereocenters. The van der Waals surface area contributed by atoms with E-state index in [-0.39, 0.29) is 36.7 Å². The number of hydrogen-bond donors (Lipinski definition) is 2. The Bertz CT molecular complexity index is 1320. The van der Waals surface area contributed by atoms with Gasteiger partial charge in [0.05, 0.1) is 23.4 Å². The summed E-state index contributed by atoms with van der Waals surface area (Å²) in [6.45, 7) is -0.191. The van der Waals surface area contributed by atoms with Gasteiger partial charge >= 0.3 is 10.2 Å². The highest BCUT2D eigenvalue weighted by atomic mass is 35.5. The molecule has 2 aromatic rings. The number of amides is 2. The molecule has 1 aromatic heterocycles. The Morgan fingerprint density at radius 1 is 1.18 bits per heavy atom. The van der Waals surface area contributed by atoms with Gasteiger partial charge in [-0.15, -0.1) is 0 Å². The summed E-state index contributed by atoms with van der Waals surface area (Å²) in [5, 5.41) is 21.7. The number of hydrogen-bond acceptors (Lipinski definition) is 6. The number of rotatable bonds is 7. The van der Waals surface area contributed by atoms with Crippen LogP contribution in [-0.4, -0.2) is 51.5 Å². The standard InChI is InChI=1S/C25H27ClF5N5O3S/c26-20-12-19(40(27,28,29,30)31)8-9-21(20)36(25(39)22-11-18(37)14-35(22)15-32)23(16-5-4-10-33-13-16)24(38)34-17-6-2-1-3-7-17/h4-5,8-10,12-13,17-18,22-23,37H,1-3,6-7,11,14H2,(H,34,38)/t18-,22-,23?/m1/s1. The van der Waals surface area contributed by atoms with Crippen LogP contribution in [0.3, 0.4) is 0 Å². The van der Waals surface area contributed by atoms with Crippen molar-refractivity contribution in [2.75, 3.05) is 11.4 Å². The number of aliphatic hydroxyl groups excluding tert-OH is 1. The van der Waals surface area contributed by atoms with Crippen LogP contribution in [0.2, 0.25) is 5.02 Å². The molecule has 1 aliphatic heterocycles. The molecule has 0 spiro atoms. The zero-order valence-electron chi connectivity index (χ0n) is 21.0. The SMILES string of the molecule is N#CN1C[C@H](O)C[C@@H]1C(=O)N(c1ccc(S(F)(F)(F)(F)F)cc1Cl)C(C(=O)NC1CCCCC1)c1cccnc1. The minimum Gasteiger partial charge on any atom is -0.391 e. The molecule has 15 heteroatoms. The maximum Gasteiger partial charge on any atom is 0.310 e. The summed E-state index contributed by atoms with van der Waals surface area (Å²) in [6, 6.07) is 0.620. The van der Waals surface area contributed by atoms with E-state index in [1.807, 2.05) is 0 Å². The number of nitrogens with one attached hydrogen (secondary N) is 1. The molecule has 2 heterocycles. The molecule has 1 aromatic carbocycles. The number of pyridine rings is 1. The summed E-state index contributed by atoms with van der Waals surface area (Å²) < 4.78 is 67.7. The van der Waals surface area contributed by atoms with Gasteiger partial charge in [-0.05, 0) is 37.1 Å². The molecule has 0 bridgehead atoms. The van der Waals surface area contributed by atoms with E-state index in [4.69, 9.17) is 11.6 Å². The van der Waals surface area contributed by atoms with Gasteiger partial charge in [-0.3, -0.25) is 24.4 Å². The molecular formula is C25H27ClF5N5O3S. The van der Waals surface area contributed by atoms with Crippen molar-refractivity contribution in [3.05, 3.63) is 53.3 Å². The second-order valence-corrected chi connectivity index (χ2v) is 12.8. The summed E-state index contributed by atoms with van der Waals surface area (Å²) in [6.07, 6.45) is 7.28. The predicted octanol–water partition coefficient (Wildman–Crippen LogP) is 5.83. The van der Waals surface area contributed by atoms with Gasteiger partial charge in [-0.2, -0.15) is 5.26 Å². The topological polar surface area (TPSA) is 110 Å². The largest absolute Gasteiger partial charge is 0.391 e. The van der Waals surface area contributed by atoms with Crippen molar-refractivity contribution in [3.63, 3.8) is 0 Å². The number of anilines is 1. The van der Waals surface area contributed by atoms with E-state index in [0.717, 1.165) is 29.1 Å². The second-order valence-electron chi connectivity index (χ2n) is 9.98. The molecule has 2 N–H and O–H groups in total. The van der Waals surface area contributed by atoms with Crippen molar-refractivity contribution in [1.29, 1.82) is 5.26 Å². The van der Waals surface area contributed by atoms with Crippen LogP contribution in [0, 0.1) is 11.5 Å². The van der Waals surface area contributed by atoms with Crippen molar-refractivity contribution in [2.24, 2.45) is 0 Å². The smallest absolute Gasteiger partial charge is 0.310 e. The van der Waals surface area contributed by atoms with Gasteiger partial charge in [0.15, 0.2) is 6.19 Å². The average molecular weight is 608 g/mol. The number of aromatic nitrogens is 1. The second kappa shape index (κ2) is 10.4. The number of nitrogens with zero attached hydrogens (tertiary/aromatic N) is 4. The van der Waals surface area contributed by atoms with Crippen molar-refractivity contribution in [2.45, 2.75) is 67.6 Å². The maximum absolute atomic E-state index is 14.0. The van der Waals surface area contributed by atoms with E-state index in [9.17, 15) is 39.4 Å². The van der Waals surface area contributed by atoms with Crippen LogP contribution in [0.1, 0.15) is 50.1 Å². The van der Waals surface area contributed by atoms with Crippen molar-refractivity contribution < 1.29 is 34.1 Å². The highest BCUT2D eigenvalue weighted by molar-refractivity contribution is 8.45. The molecule has 1 saturated heterocycles. The van der Waals surface area contributed by atoms with Gasteiger partial charge < -0.3 is 10.4 Å². The molecule has 2 fully saturated rings. The van der Waals surface area contributed by atoms with Gasteiger partial charge in [-0.25, -0.2) is 0 Å². The highest BCUT2D eigenvalue weighted by Gasteiger charge is 2.65. The first-order valence-electron chi connectivity index (χ1n) is 12.5. The van der Waals surface area contributed by atoms with Crippen LogP contribution in [-0.2, 0) is 9.59 Å². The third-order valence-corrected chi connectivity index (χ3v) is 8.46. The van der Waals surface area contributed by atoms with Crippen LogP contribution in [0.25, 0.3) is 0 Å². The average Bonchev–Trinajstić information content (AvgIpc) is 3.27. The third-order valence-electron chi connectivity index (χ3n) is 7.01. The number of benzene rings is 1. The third kappa shape index (κ3) is 6.59. The van der Waals surface area contributed by atoms with Gasteiger partial charge in [0.1, 0.15) is 17.0 Å². The number of halogens is 6. The summed E-state index contributed by atoms with van der Waals surface area (Å²) in [7, 11) is -10.1. The molecule has 2 aliphatic rings. The lowest BCUT2D eigenvalue weighted by Crippen LogP contribution is -2.51. The van der Waals surface area contributed by atoms with E-state index >= 15 is 0 Å². The number of β-amino-alcohol motifs (C(OH)–C–C–N with tert-alkyl or cyclic N) is 1. The Hall–Kier alpha value is -3.15. The lowest BCUT2D eigenvalue weighted by Gasteiger charge is -2.41. The lowest BCUT2D eigenvalue weighted by molar-refractivity contribution is -0.128. The Morgan fingerprint density at radius 2 is 1.88 bits per heavy atom. The fourth-order valence-electron chi connectivity index (χ4n) is 5.11. The molecule has 0 radical (unpaired) electrons. The van der Waals surface area contributed by atoms with E-state index in [1.165, 1.54) is 24.5 Å². The van der Waals surface area contributed by atoms with Crippen LogP contribution in [0.4, 0.5) is 25.1 Å². The normalized spacial score (nSPS) is 22.5. The monoisotopic (exact) mass is 607 g/mol. The molecular weight excluding hydrogens is 581 g/mol. The quantitative estimate of drug-likeness (QED) is 0.303. The molecule has 1 unspecified atom stereocenters. The van der Waals surface area contributed by atoms with E-state index in [0.29, 0.717) is 18.9 Å². The molecule has 1 aliphatic carbocycles. The lowest BCUT2D eigenvalue weighted by atomic mass is 9.94. The molecule has 2 amide bonds. The summed E-state index contributed by atoms with van der Waals surface area (Å²) >= 11 is 6.15. The first kappa shape index (κ1) is 29.8. The van der Waals surface area contributed by atoms with Crippen LogP contribution in [0.15, 0.2) is 47.6 Å². The zero-order chi connectivity index (χ0) is 29.4. The first-order chi connectivity index (χ1) is 18.6. The number of carbonyl (C=O) groups excluding carboxylic acids is 2. The number of carbonyl (C=O) groups is 2. The minimum absolute atomic E-state index is 0.0175. The van der Waals surface area contributed by atoms with Gasteiger partial charge in [0.2, 0.25) is 5.91 Å². The van der Waals surface area contributed by atoms with E-state index < -0.39 is 55.8 Å². The molecule has 8 nitrogen and oxygen atoms in total. The van der Waals surface area contributed by atoms with E-state index in [1.54, 1.807) is 6.19 Å². The predicted molar refractivity (Wildman–Crippen MR) is 139 cm³/mol. The molecule has 218 valence electrons. The fourth-order valence-corrected chi connectivity index (χ4v) is 6.11. The van der Waals surface area contributed by atoms with Crippen molar-refractivity contribution in [3.8, 4) is 6.19 Å². The van der Waals surface area contributed by atoms with Crippen LogP contribution < -0.4 is 10.2 Å². The Labute approximate surface area is 232 Å². The van der Waals surface area contributed by atoms with Crippen molar-refractivity contribution >= 4 is 39.3 Å². The van der Waals surface area contributed by atoms with Gasteiger partial charge in [0.25, 0.3) is 5.91 Å². The van der Waals surface area contributed by atoms with Crippen LogP contribution >= 0.6 is 21.8 Å². The molecule has 1 saturated carbocycles. The Balaban J connectivity index is 1.86. The van der Waals surface area contributed by atoms with Gasteiger partial charge in [0, 0.05) is 30.4 Å². The summed E-state index contributed by atoms with van der Waals surface area (Å²) in [5.74, 6) is -1.63. The maximum atomic E-state index is 14.0. The number of nitriles is 1. The summed E-state index contributed by atoms with van der Waals surface area (Å²) in [4.78, 5) is 31.4. The Morgan fingerprint density at radius 3 is 2.45 bits per heavy atom. The molecule has 4 rings (SSSR count). The highest BCUT2D eigenvalue weighted by Crippen LogP contribution is 3.02. The molecule has 40 heavy (non-hydrogen) atoms. The fraction of sp³-hybridized carbons (Fsp3) is 0.440. The number of likely N-dealkylation sites (tertiary alicyclic amines) is 1.